The van der Waals surface area contributed by atoms with Gasteiger partial charge in [0, 0.05) is 11.8 Å². The third-order valence-electron chi connectivity index (χ3n) is 10.6. The van der Waals surface area contributed by atoms with E-state index < -0.39 is 20.2 Å². The zero-order chi connectivity index (χ0) is 36.3. The van der Waals surface area contributed by atoms with Crippen LogP contribution in [0.1, 0.15) is 92.4 Å². The summed E-state index contributed by atoms with van der Waals surface area (Å²) in [6, 6.07) is 30.6. The fraction of sp³-hybridized carbons (Fsp3) is 0.524. The van der Waals surface area contributed by atoms with E-state index in [4.69, 9.17) is 28.6 Å². The molecule has 0 N–H and O–H groups in total. The van der Waals surface area contributed by atoms with Crippen LogP contribution in [0.15, 0.2) is 96.2 Å². The van der Waals surface area contributed by atoms with Crippen molar-refractivity contribution in [3.05, 3.63) is 96.6 Å². The molecule has 50 heavy (non-hydrogen) atoms. The van der Waals surface area contributed by atoms with Crippen LogP contribution >= 0.6 is 0 Å². The Morgan fingerprint density at radius 3 is 1.90 bits per heavy atom. The normalized spacial score (nSPS) is 25.6. The number of oxime groups is 1. The average molecular weight is 700 g/mol. The van der Waals surface area contributed by atoms with Gasteiger partial charge in [-0.3, -0.25) is 0 Å². The van der Waals surface area contributed by atoms with Crippen LogP contribution < -0.4 is 10.4 Å². The van der Waals surface area contributed by atoms with E-state index in [0.717, 1.165) is 18.6 Å². The second kappa shape index (κ2) is 15.5. The Balaban J connectivity index is 1.25. The Morgan fingerprint density at radius 2 is 1.36 bits per heavy atom. The molecule has 2 heterocycles. The molecule has 5 rings (SSSR count). The largest absolute Gasteiger partial charge is 0.456 e. The summed E-state index contributed by atoms with van der Waals surface area (Å²) in [7, 11) is -2.75. The van der Waals surface area contributed by atoms with Gasteiger partial charge < -0.3 is 23.5 Å². The predicted molar refractivity (Wildman–Crippen MR) is 202 cm³/mol. The van der Waals surface area contributed by atoms with E-state index in [1.165, 1.54) is 10.4 Å². The summed E-state index contributed by atoms with van der Waals surface area (Å²) < 4.78 is 26.1. The summed E-state index contributed by atoms with van der Waals surface area (Å²) in [5, 5.41) is 7.07. The van der Waals surface area contributed by atoms with Crippen molar-refractivity contribution in [1.29, 1.82) is 0 Å². The van der Waals surface area contributed by atoms with Crippen LogP contribution in [0.2, 0.25) is 5.04 Å². The minimum Gasteiger partial charge on any atom is -0.456 e. The van der Waals surface area contributed by atoms with Gasteiger partial charge >= 0.3 is 5.97 Å². The predicted octanol–water partition coefficient (Wildman–Crippen LogP) is 8.16. The van der Waals surface area contributed by atoms with Crippen LogP contribution in [0.4, 0.5) is 0 Å². The number of hydrogen-bond acceptors (Lipinski definition) is 7. The lowest BCUT2D eigenvalue weighted by Gasteiger charge is -2.46. The smallest absolute Gasteiger partial charge is 0.338 e. The molecule has 8 heteroatoms. The molecule has 1 saturated heterocycles. The SMILES string of the molecule is C[C@@H]1[C@H]([C@@H](C)OC(=O)c2ccccc2)OC(C)(C)O[C@H]1CC[C@H](C)C1=NO[C@H]([C@H](C)O[Si](c2ccccc2)(c2ccccc2)C(C)(C)C)[C@@H]1C. The van der Waals surface area contributed by atoms with Gasteiger partial charge in [-0.1, -0.05) is 126 Å². The highest BCUT2D eigenvalue weighted by molar-refractivity contribution is 6.99. The summed E-state index contributed by atoms with van der Waals surface area (Å²) >= 11 is 0. The summed E-state index contributed by atoms with van der Waals surface area (Å²) in [4.78, 5) is 19.1. The number of esters is 1. The van der Waals surface area contributed by atoms with Gasteiger partial charge in [-0.2, -0.15) is 0 Å². The van der Waals surface area contributed by atoms with Crippen LogP contribution in [0.25, 0.3) is 0 Å². The van der Waals surface area contributed by atoms with E-state index in [1.54, 1.807) is 12.1 Å². The summed E-state index contributed by atoms with van der Waals surface area (Å²) in [6.45, 7) is 21.4. The van der Waals surface area contributed by atoms with E-state index >= 15 is 0 Å². The number of nitrogens with zero attached hydrogens (tertiary/aromatic N) is 1. The first-order valence-electron chi connectivity index (χ1n) is 18.3. The van der Waals surface area contributed by atoms with Crippen molar-refractivity contribution in [2.75, 3.05) is 0 Å². The third-order valence-corrected chi connectivity index (χ3v) is 15.7. The quantitative estimate of drug-likeness (QED) is 0.140. The molecule has 0 radical (unpaired) electrons. The van der Waals surface area contributed by atoms with Crippen LogP contribution in [0.5, 0.6) is 0 Å². The number of benzene rings is 3. The topological polar surface area (TPSA) is 75.6 Å². The van der Waals surface area contributed by atoms with Gasteiger partial charge in [0.25, 0.3) is 8.32 Å². The molecule has 0 aliphatic carbocycles. The lowest BCUT2D eigenvalue weighted by Crippen LogP contribution is -2.68. The molecule has 8 atom stereocenters. The van der Waals surface area contributed by atoms with E-state index in [1.807, 2.05) is 39.0 Å². The lowest BCUT2D eigenvalue weighted by atomic mass is 9.83. The summed E-state index contributed by atoms with van der Waals surface area (Å²) in [5.74, 6) is -0.866. The van der Waals surface area contributed by atoms with Gasteiger partial charge in [-0.25, -0.2) is 4.79 Å². The van der Waals surface area contributed by atoms with Crippen molar-refractivity contribution in [3.8, 4) is 0 Å². The van der Waals surface area contributed by atoms with Gasteiger partial charge in [0.05, 0.1) is 23.5 Å². The van der Waals surface area contributed by atoms with E-state index in [9.17, 15) is 4.79 Å². The molecule has 0 amide bonds. The Morgan fingerprint density at radius 1 is 0.820 bits per heavy atom. The zero-order valence-electron chi connectivity index (χ0n) is 31.6. The number of rotatable bonds is 12. The molecule has 0 unspecified atom stereocenters. The molecule has 2 aliphatic heterocycles. The van der Waals surface area contributed by atoms with Crippen molar-refractivity contribution >= 4 is 30.4 Å². The molecule has 2 aliphatic rings. The number of carbonyl (C=O) groups excluding carboxylic acids is 1. The zero-order valence-corrected chi connectivity index (χ0v) is 32.6. The lowest BCUT2D eigenvalue weighted by molar-refractivity contribution is -0.331. The van der Waals surface area contributed by atoms with Crippen LogP contribution in [0.3, 0.4) is 0 Å². The van der Waals surface area contributed by atoms with Gasteiger partial charge in [0.15, 0.2) is 11.9 Å². The van der Waals surface area contributed by atoms with Gasteiger partial charge in [0.2, 0.25) is 0 Å². The average Bonchev–Trinajstić information content (AvgIpc) is 3.48. The monoisotopic (exact) mass is 699 g/mol. The molecule has 0 bridgehead atoms. The second-order valence-corrected chi connectivity index (χ2v) is 20.1. The molecule has 270 valence electrons. The summed E-state index contributed by atoms with van der Waals surface area (Å²) in [6.07, 6.45) is 0.485. The van der Waals surface area contributed by atoms with Crippen molar-refractivity contribution < 1.29 is 28.3 Å². The highest BCUT2D eigenvalue weighted by Crippen LogP contribution is 2.40. The van der Waals surface area contributed by atoms with E-state index in [2.05, 4.69) is 109 Å². The molecule has 0 saturated carbocycles. The third kappa shape index (κ3) is 8.09. The molecule has 1 fully saturated rings. The molecule has 0 aromatic heterocycles. The number of ether oxygens (including phenoxy) is 3. The van der Waals surface area contributed by atoms with Crippen LogP contribution in [-0.4, -0.2) is 56.3 Å². The molecular weight excluding hydrogens is 643 g/mol. The Bertz CT molecular complexity index is 1530. The highest BCUT2D eigenvalue weighted by Gasteiger charge is 2.53. The molecule has 3 aromatic carbocycles. The number of carbonyl (C=O) groups is 1. The van der Waals surface area contributed by atoms with Crippen molar-refractivity contribution in [3.63, 3.8) is 0 Å². The van der Waals surface area contributed by atoms with Crippen LogP contribution in [0, 0.1) is 17.8 Å². The first-order chi connectivity index (χ1) is 23.6. The molecular formula is C42H57NO6Si. The van der Waals surface area contributed by atoms with Crippen molar-refractivity contribution in [1.82, 2.24) is 0 Å². The standard InChI is InChI=1S/C42H57NO6Si/c1-28(26-27-36-29(2)38(47-42(9,10)46-36)31(4)45-40(44)33-20-14-11-15-21-33)37-30(3)39(48-43-37)32(5)49-50(41(6,7)8,34-22-16-12-17-23-34)35-24-18-13-19-25-35/h11-25,28-32,36,38-39H,26-27H2,1-10H3/t28-,29-,30+,31+,32-,36-,38+,39-/m0/s1. The maximum atomic E-state index is 12.8. The van der Waals surface area contributed by atoms with Gasteiger partial charge in [-0.05, 0) is 74.0 Å². The highest BCUT2D eigenvalue weighted by atomic mass is 28.4. The fourth-order valence-electron chi connectivity index (χ4n) is 7.96. The Kier molecular flexibility index (Phi) is 11.8. The van der Waals surface area contributed by atoms with Gasteiger partial charge in [-0.15, -0.1) is 0 Å². The molecule has 3 aromatic rings. The van der Waals surface area contributed by atoms with Crippen molar-refractivity contribution in [2.45, 2.75) is 123 Å². The van der Waals surface area contributed by atoms with Crippen molar-refractivity contribution in [2.24, 2.45) is 22.9 Å². The fourth-order valence-corrected chi connectivity index (χ4v) is 12.7. The maximum Gasteiger partial charge on any atom is 0.338 e. The maximum absolute atomic E-state index is 12.8. The second-order valence-electron chi connectivity index (χ2n) is 15.8. The Hall–Kier alpha value is -3.30. The van der Waals surface area contributed by atoms with E-state index in [0.29, 0.717) is 5.56 Å². The molecule has 0 spiro atoms. The van der Waals surface area contributed by atoms with Crippen LogP contribution in [-0.2, 0) is 23.5 Å². The Labute approximate surface area is 300 Å². The first-order valence-corrected chi connectivity index (χ1v) is 20.2. The van der Waals surface area contributed by atoms with E-state index in [-0.39, 0.29) is 53.2 Å². The first kappa shape index (κ1) is 37.9. The molecule has 7 nitrogen and oxygen atoms in total. The number of hydrogen-bond donors (Lipinski definition) is 0. The summed E-state index contributed by atoms with van der Waals surface area (Å²) in [5.41, 5.74) is 1.59. The minimum atomic E-state index is -2.75. The minimum absolute atomic E-state index is 0.0145. The van der Waals surface area contributed by atoms with Gasteiger partial charge in [0.1, 0.15) is 12.2 Å².